The quantitative estimate of drug-likeness (QED) is 0.451. The highest BCUT2D eigenvalue weighted by molar-refractivity contribution is 5.95. The van der Waals surface area contributed by atoms with Crippen LogP contribution in [0.2, 0.25) is 0 Å². The summed E-state index contributed by atoms with van der Waals surface area (Å²) in [5.41, 5.74) is 3.21. The highest BCUT2D eigenvalue weighted by Crippen LogP contribution is 2.39. The van der Waals surface area contributed by atoms with Crippen molar-refractivity contribution in [3.05, 3.63) is 65.2 Å². The van der Waals surface area contributed by atoms with Gasteiger partial charge < -0.3 is 29.4 Å². The molecule has 2 saturated heterocycles. The van der Waals surface area contributed by atoms with Crippen LogP contribution in [0.4, 0.5) is 5.69 Å². The lowest BCUT2D eigenvalue weighted by Crippen LogP contribution is -2.42. The molecule has 2 aromatic rings. The number of rotatable bonds is 10. The van der Waals surface area contributed by atoms with Crippen molar-refractivity contribution in [2.75, 3.05) is 32.1 Å². The first kappa shape index (κ1) is 28.2. The molecule has 4 rings (SSSR count). The number of esters is 1. The van der Waals surface area contributed by atoms with Gasteiger partial charge in [-0.25, -0.2) is 0 Å². The maximum absolute atomic E-state index is 12.5. The number of hydrogen-bond donors (Lipinski definition) is 2. The van der Waals surface area contributed by atoms with Crippen molar-refractivity contribution in [3.63, 3.8) is 0 Å². The molecule has 2 aromatic carbocycles. The average Bonchev–Trinajstić information content (AvgIpc) is 3.35. The van der Waals surface area contributed by atoms with Gasteiger partial charge in [0.1, 0.15) is 0 Å². The number of amides is 1. The molecule has 9 nitrogen and oxygen atoms in total. The Bertz CT molecular complexity index is 1080. The van der Waals surface area contributed by atoms with E-state index < -0.39 is 24.3 Å². The van der Waals surface area contributed by atoms with Crippen LogP contribution in [0.1, 0.15) is 62.2 Å². The number of likely N-dealkylation sites (tertiary alicyclic amines) is 1. The molecule has 0 unspecified atom stereocenters. The van der Waals surface area contributed by atoms with E-state index in [0.29, 0.717) is 24.8 Å². The molecule has 0 aliphatic carbocycles. The summed E-state index contributed by atoms with van der Waals surface area (Å²) >= 11 is 0. The molecule has 0 aromatic heterocycles. The Labute approximate surface area is 224 Å². The Hall–Kier alpha value is -2.82. The van der Waals surface area contributed by atoms with Crippen LogP contribution in [0, 0.1) is 0 Å². The van der Waals surface area contributed by atoms with Gasteiger partial charge in [-0.3, -0.25) is 14.5 Å². The Morgan fingerprint density at radius 3 is 2.66 bits per heavy atom. The normalized spacial score (nSPS) is 24.6. The zero-order chi connectivity index (χ0) is 27.1. The average molecular weight is 527 g/mol. The lowest BCUT2D eigenvalue weighted by molar-refractivity contribution is -0.253. The zero-order valence-electron chi connectivity index (χ0n) is 22.3. The molecule has 0 radical (unpaired) electrons. The third-order valence-electron chi connectivity index (χ3n) is 7.05. The molecule has 2 fully saturated rings. The minimum absolute atomic E-state index is 0.00933. The molecule has 206 valence electrons. The Balaban J connectivity index is 1.53. The smallest absolute Gasteiger partial charge is 0.303 e. The predicted octanol–water partition coefficient (Wildman–Crippen LogP) is 3.73. The number of hydrogen-bond acceptors (Lipinski definition) is 8. The van der Waals surface area contributed by atoms with Gasteiger partial charge >= 0.3 is 5.97 Å². The summed E-state index contributed by atoms with van der Waals surface area (Å²) in [5, 5.41) is 12.2. The molecule has 1 amide bonds. The number of nitrogens with one attached hydrogen (secondary N) is 1. The molecule has 2 N–H and O–H groups in total. The van der Waals surface area contributed by atoms with Crippen LogP contribution in [0.15, 0.2) is 48.5 Å². The van der Waals surface area contributed by atoms with Crippen LogP contribution in [0.3, 0.4) is 0 Å². The highest BCUT2D eigenvalue weighted by atomic mass is 16.7. The summed E-state index contributed by atoms with van der Waals surface area (Å²) in [6.07, 6.45) is 1.13. The third-order valence-corrected chi connectivity index (χ3v) is 7.05. The van der Waals surface area contributed by atoms with Crippen LogP contribution in [0.5, 0.6) is 0 Å². The van der Waals surface area contributed by atoms with E-state index in [1.165, 1.54) is 13.8 Å². The van der Waals surface area contributed by atoms with Crippen molar-refractivity contribution >= 4 is 17.6 Å². The van der Waals surface area contributed by atoms with Crippen molar-refractivity contribution < 1.29 is 33.6 Å². The number of carbonyl (C=O) groups is 2. The lowest BCUT2D eigenvalue weighted by Gasteiger charge is -2.39. The second kappa shape index (κ2) is 13.3. The third kappa shape index (κ3) is 7.39. The van der Waals surface area contributed by atoms with Gasteiger partial charge in [0.15, 0.2) is 12.4 Å². The largest absolute Gasteiger partial charge is 0.453 e. The molecular weight excluding hydrogens is 488 g/mol. The number of ether oxygens (including phenoxy) is 4. The van der Waals surface area contributed by atoms with E-state index in [9.17, 15) is 14.7 Å². The van der Waals surface area contributed by atoms with Crippen LogP contribution in [0.25, 0.3) is 0 Å². The number of carbonyl (C=O) groups excluding carboxylic acids is 2. The highest BCUT2D eigenvalue weighted by Gasteiger charge is 2.35. The molecule has 2 heterocycles. The minimum atomic E-state index is -0.908. The van der Waals surface area contributed by atoms with Gasteiger partial charge in [0.05, 0.1) is 25.4 Å². The summed E-state index contributed by atoms with van der Waals surface area (Å²) in [6.45, 7) is 5.27. The molecule has 2 aliphatic rings. The molecule has 38 heavy (non-hydrogen) atoms. The minimum Gasteiger partial charge on any atom is -0.453 e. The van der Waals surface area contributed by atoms with Crippen molar-refractivity contribution in [2.45, 2.75) is 70.4 Å². The van der Waals surface area contributed by atoms with E-state index in [0.717, 1.165) is 42.6 Å². The van der Waals surface area contributed by atoms with Crippen molar-refractivity contribution in [2.24, 2.45) is 0 Å². The summed E-state index contributed by atoms with van der Waals surface area (Å²) in [5.74, 6) is -0.930. The van der Waals surface area contributed by atoms with Gasteiger partial charge in [-0.2, -0.15) is 0 Å². The first-order chi connectivity index (χ1) is 18.4. The fourth-order valence-electron chi connectivity index (χ4n) is 5.12. The number of anilines is 1. The van der Waals surface area contributed by atoms with Crippen molar-refractivity contribution in [1.29, 1.82) is 0 Å². The van der Waals surface area contributed by atoms with E-state index in [1.54, 1.807) is 13.2 Å². The first-order valence-electron chi connectivity index (χ1n) is 13.2. The standard InChI is InChI=1S/C29H38N2O7/c1-19(36-20(2)33)28(34)30-24-7-4-6-23(14-24)29-37-26(16-31-13-5-8-25(31)18-35-3)15-27(38-29)22-11-9-21(17-32)10-12-22/h4,6-7,9-12,14,19,25-27,29,32H,5,8,13,15-18H2,1-3H3,(H,30,34)/t19-,25-,26-,27+,29+/m0/s1. The van der Waals surface area contributed by atoms with Crippen LogP contribution >= 0.6 is 0 Å². The first-order valence-corrected chi connectivity index (χ1v) is 13.2. The van der Waals surface area contributed by atoms with E-state index in [-0.39, 0.29) is 18.8 Å². The predicted molar refractivity (Wildman–Crippen MR) is 141 cm³/mol. The van der Waals surface area contributed by atoms with Crippen LogP contribution < -0.4 is 5.32 Å². The van der Waals surface area contributed by atoms with Gasteiger partial charge in [-0.05, 0) is 49.6 Å². The fraction of sp³-hybridized carbons (Fsp3) is 0.517. The van der Waals surface area contributed by atoms with Crippen LogP contribution in [-0.4, -0.2) is 66.9 Å². The van der Waals surface area contributed by atoms with Gasteiger partial charge in [0.2, 0.25) is 0 Å². The number of nitrogens with zero attached hydrogens (tertiary/aromatic N) is 1. The molecule has 0 spiro atoms. The Morgan fingerprint density at radius 2 is 1.95 bits per heavy atom. The molecule has 0 bridgehead atoms. The molecule has 9 heteroatoms. The van der Waals surface area contributed by atoms with Crippen molar-refractivity contribution in [1.82, 2.24) is 4.90 Å². The Kier molecular flexibility index (Phi) is 9.87. The van der Waals surface area contributed by atoms with Gasteiger partial charge in [-0.1, -0.05) is 36.4 Å². The van der Waals surface area contributed by atoms with E-state index in [2.05, 4.69) is 10.2 Å². The van der Waals surface area contributed by atoms with Gasteiger partial charge in [-0.15, -0.1) is 0 Å². The number of methoxy groups -OCH3 is 1. The molecular formula is C29H38N2O7. The summed E-state index contributed by atoms with van der Waals surface area (Å²) in [7, 11) is 1.74. The van der Waals surface area contributed by atoms with Gasteiger partial charge in [0.25, 0.3) is 5.91 Å². The molecule has 0 saturated carbocycles. The topological polar surface area (TPSA) is 107 Å². The number of benzene rings is 2. The summed E-state index contributed by atoms with van der Waals surface area (Å²) in [6, 6.07) is 15.5. The maximum atomic E-state index is 12.5. The second-order valence-corrected chi connectivity index (χ2v) is 9.96. The molecule has 5 atom stereocenters. The SMILES string of the molecule is COC[C@@H]1CCCN1C[C@@H]1C[C@H](c2ccc(CO)cc2)O[C@H](c2cccc(NC(=O)[C@H](C)OC(C)=O)c2)O1. The fourth-order valence-corrected chi connectivity index (χ4v) is 5.12. The van der Waals surface area contributed by atoms with Crippen molar-refractivity contribution in [3.8, 4) is 0 Å². The second-order valence-electron chi connectivity index (χ2n) is 9.96. The monoisotopic (exact) mass is 526 g/mol. The zero-order valence-corrected chi connectivity index (χ0v) is 22.3. The lowest BCUT2D eigenvalue weighted by atomic mass is 9.99. The van der Waals surface area contributed by atoms with Crippen LogP contribution in [-0.2, 0) is 35.1 Å². The summed E-state index contributed by atoms with van der Waals surface area (Å²) in [4.78, 5) is 26.1. The van der Waals surface area contributed by atoms with Gasteiger partial charge in [0, 0.05) is 44.3 Å². The molecule has 2 aliphatic heterocycles. The number of aliphatic hydroxyl groups is 1. The number of aliphatic hydroxyl groups excluding tert-OH is 1. The van der Waals surface area contributed by atoms with E-state index >= 15 is 0 Å². The van der Waals surface area contributed by atoms with E-state index in [4.69, 9.17) is 18.9 Å². The summed E-state index contributed by atoms with van der Waals surface area (Å²) < 4.78 is 23.4. The Morgan fingerprint density at radius 1 is 1.16 bits per heavy atom. The maximum Gasteiger partial charge on any atom is 0.303 e. The van der Waals surface area contributed by atoms with E-state index in [1.807, 2.05) is 42.5 Å².